The fraction of sp³-hybridized carbons (Fsp3) is 0.353. The number of amides is 5. The van der Waals surface area contributed by atoms with E-state index in [4.69, 9.17) is 0 Å². The second kappa shape index (κ2) is 5.94. The van der Waals surface area contributed by atoms with Crippen LogP contribution in [0.3, 0.4) is 0 Å². The molecule has 4 rings (SSSR count). The van der Waals surface area contributed by atoms with Gasteiger partial charge in [0.15, 0.2) is 6.61 Å². The summed E-state index contributed by atoms with van der Waals surface area (Å²) in [5, 5.41) is 0. The van der Waals surface area contributed by atoms with Crippen LogP contribution in [-0.2, 0) is 14.3 Å². The van der Waals surface area contributed by atoms with Gasteiger partial charge in [0.1, 0.15) is 6.54 Å². The van der Waals surface area contributed by atoms with Crippen LogP contribution < -0.4 is 0 Å². The van der Waals surface area contributed by atoms with Crippen LogP contribution in [0.25, 0.3) is 0 Å². The molecule has 1 aromatic carbocycles. The standard InChI is InChI=1S/C17H15N3O6/c21-13(8-20-15(23)11-3-1-2-4-12(11)16(20)24)18-5-10(6-18)7-19-14(22)9-26-17(19)25/h1-4,10H,5-9H2. The minimum Gasteiger partial charge on any atom is -0.439 e. The molecule has 9 heteroatoms. The largest absolute Gasteiger partial charge is 0.439 e. The number of imide groups is 2. The molecular formula is C17H15N3O6. The van der Waals surface area contributed by atoms with Crippen LogP contribution in [0.2, 0.25) is 0 Å². The zero-order valence-electron chi connectivity index (χ0n) is 13.7. The number of cyclic esters (lactones) is 1. The maximum absolute atomic E-state index is 12.3. The van der Waals surface area contributed by atoms with Crippen LogP contribution in [0.5, 0.6) is 0 Å². The van der Waals surface area contributed by atoms with Crippen molar-refractivity contribution in [2.45, 2.75) is 0 Å². The monoisotopic (exact) mass is 357 g/mol. The number of hydrogen-bond donors (Lipinski definition) is 0. The summed E-state index contributed by atoms with van der Waals surface area (Å²) < 4.78 is 4.64. The summed E-state index contributed by atoms with van der Waals surface area (Å²) >= 11 is 0. The lowest BCUT2D eigenvalue weighted by atomic mass is 9.99. The molecular weight excluding hydrogens is 342 g/mol. The highest BCUT2D eigenvalue weighted by molar-refractivity contribution is 6.22. The predicted octanol–water partition coefficient (Wildman–Crippen LogP) is -0.280. The molecule has 9 nitrogen and oxygen atoms in total. The van der Waals surface area contributed by atoms with Gasteiger partial charge >= 0.3 is 6.09 Å². The van der Waals surface area contributed by atoms with Crippen molar-refractivity contribution < 1.29 is 28.7 Å². The average Bonchev–Trinajstić information content (AvgIpc) is 3.03. The molecule has 3 aliphatic heterocycles. The van der Waals surface area contributed by atoms with Crippen molar-refractivity contribution in [1.82, 2.24) is 14.7 Å². The molecule has 0 radical (unpaired) electrons. The van der Waals surface area contributed by atoms with E-state index < -0.39 is 17.9 Å². The summed E-state index contributed by atoms with van der Waals surface area (Å²) in [6, 6.07) is 6.46. The molecule has 0 spiro atoms. The molecule has 3 aliphatic rings. The number of rotatable bonds is 4. The molecule has 0 bridgehead atoms. The lowest BCUT2D eigenvalue weighted by Crippen LogP contribution is -2.56. The Balaban J connectivity index is 1.32. The highest BCUT2D eigenvalue weighted by Crippen LogP contribution is 2.24. The molecule has 5 amide bonds. The summed E-state index contributed by atoms with van der Waals surface area (Å²) in [5.74, 6) is -1.70. The highest BCUT2D eigenvalue weighted by Gasteiger charge is 2.41. The first-order valence-electron chi connectivity index (χ1n) is 8.16. The van der Waals surface area contributed by atoms with E-state index >= 15 is 0 Å². The number of carbonyl (C=O) groups excluding carboxylic acids is 5. The van der Waals surface area contributed by atoms with Crippen molar-refractivity contribution in [3.63, 3.8) is 0 Å². The van der Waals surface area contributed by atoms with Crippen molar-refractivity contribution in [3.05, 3.63) is 35.4 Å². The quantitative estimate of drug-likeness (QED) is 0.687. The predicted molar refractivity (Wildman–Crippen MR) is 84.9 cm³/mol. The normalized spacial score (nSPS) is 19.8. The lowest BCUT2D eigenvalue weighted by Gasteiger charge is -2.40. The third-order valence-corrected chi connectivity index (χ3v) is 4.76. The average molecular weight is 357 g/mol. The number of ether oxygens (including phenoxy) is 1. The molecule has 134 valence electrons. The van der Waals surface area contributed by atoms with E-state index in [-0.39, 0.29) is 37.4 Å². The number of fused-ring (bicyclic) bond motifs is 1. The Morgan fingerprint density at radius 3 is 2.15 bits per heavy atom. The molecule has 0 atom stereocenters. The van der Waals surface area contributed by atoms with Gasteiger partial charge in [-0.25, -0.2) is 9.69 Å². The topological polar surface area (TPSA) is 104 Å². The van der Waals surface area contributed by atoms with Gasteiger partial charge in [-0.05, 0) is 12.1 Å². The summed E-state index contributed by atoms with van der Waals surface area (Å²) in [5.41, 5.74) is 0.607. The molecule has 2 saturated heterocycles. The van der Waals surface area contributed by atoms with Crippen molar-refractivity contribution in [2.75, 3.05) is 32.8 Å². The van der Waals surface area contributed by atoms with Gasteiger partial charge in [-0.3, -0.25) is 24.1 Å². The number of hydrogen-bond acceptors (Lipinski definition) is 6. The Labute approximate surface area is 148 Å². The van der Waals surface area contributed by atoms with Crippen molar-refractivity contribution in [1.29, 1.82) is 0 Å². The summed E-state index contributed by atoms with van der Waals surface area (Å²) in [7, 11) is 0. The molecule has 0 aliphatic carbocycles. The molecule has 0 aromatic heterocycles. The number of carbonyl (C=O) groups is 5. The molecule has 1 aromatic rings. The fourth-order valence-corrected chi connectivity index (χ4v) is 3.32. The molecule has 3 heterocycles. The maximum atomic E-state index is 12.3. The molecule has 0 N–H and O–H groups in total. The van der Waals surface area contributed by atoms with E-state index in [1.54, 1.807) is 24.3 Å². The van der Waals surface area contributed by atoms with Gasteiger partial charge < -0.3 is 9.64 Å². The molecule has 0 unspecified atom stereocenters. The van der Waals surface area contributed by atoms with E-state index in [0.29, 0.717) is 24.2 Å². The third kappa shape index (κ3) is 2.52. The molecule has 26 heavy (non-hydrogen) atoms. The molecule has 0 saturated carbocycles. The van der Waals surface area contributed by atoms with Crippen LogP contribution in [0.1, 0.15) is 20.7 Å². The first kappa shape index (κ1) is 16.2. The third-order valence-electron chi connectivity index (χ3n) is 4.76. The van der Waals surface area contributed by atoms with E-state index in [0.717, 1.165) is 9.80 Å². The number of likely N-dealkylation sites (tertiary alicyclic amines) is 1. The second-order valence-corrected chi connectivity index (χ2v) is 6.47. The van der Waals surface area contributed by atoms with Crippen LogP contribution >= 0.6 is 0 Å². The van der Waals surface area contributed by atoms with Gasteiger partial charge in [-0.2, -0.15) is 0 Å². The van der Waals surface area contributed by atoms with E-state index in [1.165, 1.54) is 4.90 Å². The first-order valence-corrected chi connectivity index (χ1v) is 8.16. The maximum Gasteiger partial charge on any atom is 0.417 e. The molecule has 2 fully saturated rings. The van der Waals surface area contributed by atoms with Crippen molar-refractivity contribution in [2.24, 2.45) is 5.92 Å². The van der Waals surface area contributed by atoms with Gasteiger partial charge in [0.05, 0.1) is 11.1 Å². The highest BCUT2D eigenvalue weighted by atomic mass is 16.6. The summed E-state index contributed by atoms with van der Waals surface area (Å²) in [6.07, 6.45) is -0.661. The van der Waals surface area contributed by atoms with Crippen LogP contribution in [-0.4, -0.2) is 77.2 Å². The van der Waals surface area contributed by atoms with Crippen LogP contribution in [0.4, 0.5) is 4.79 Å². The number of nitrogens with zero attached hydrogens (tertiary/aromatic N) is 3. The smallest absolute Gasteiger partial charge is 0.417 e. The van der Waals surface area contributed by atoms with E-state index in [9.17, 15) is 24.0 Å². The van der Waals surface area contributed by atoms with Gasteiger partial charge in [0.2, 0.25) is 5.91 Å². The van der Waals surface area contributed by atoms with Crippen molar-refractivity contribution in [3.8, 4) is 0 Å². The minimum absolute atomic E-state index is 0.0317. The lowest BCUT2D eigenvalue weighted by molar-refractivity contribution is -0.138. The van der Waals surface area contributed by atoms with Crippen LogP contribution in [0, 0.1) is 5.92 Å². The zero-order chi connectivity index (χ0) is 18.4. The Bertz CT molecular complexity index is 794. The Hall–Kier alpha value is -3.23. The summed E-state index contributed by atoms with van der Waals surface area (Å²) in [6.45, 7) is 0.365. The van der Waals surface area contributed by atoms with Gasteiger partial charge in [0.25, 0.3) is 17.7 Å². The zero-order valence-corrected chi connectivity index (χ0v) is 13.7. The second-order valence-electron chi connectivity index (χ2n) is 6.47. The van der Waals surface area contributed by atoms with E-state index in [1.807, 2.05) is 0 Å². The fourth-order valence-electron chi connectivity index (χ4n) is 3.32. The minimum atomic E-state index is -0.661. The van der Waals surface area contributed by atoms with Gasteiger partial charge in [0, 0.05) is 25.6 Å². The van der Waals surface area contributed by atoms with Gasteiger partial charge in [-0.15, -0.1) is 0 Å². The number of benzene rings is 1. The summed E-state index contributed by atoms with van der Waals surface area (Å²) in [4.78, 5) is 63.3. The Morgan fingerprint density at radius 1 is 1.00 bits per heavy atom. The SMILES string of the molecule is O=C(CN1C(=O)c2ccccc2C1=O)N1CC(CN2C(=O)COC2=O)C1. The van der Waals surface area contributed by atoms with Crippen LogP contribution in [0.15, 0.2) is 24.3 Å². The Kier molecular flexibility index (Phi) is 3.71. The first-order chi connectivity index (χ1) is 12.5. The van der Waals surface area contributed by atoms with Gasteiger partial charge in [-0.1, -0.05) is 12.1 Å². The van der Waals surface area contributed by atoms with E-state index in [2.05, 4.69) is 4.74 Å². The van der Waals surface area contributed by atoms with Crippen molar-refractivity contribution >= 4 is 29.7 Å². The Morgan fingerprint density at radius 2 is 1.62 bits per heavy atom.